The van der Waals surface area contributed by atoms with Crippen molar-refractivity contribution < 1.29 is 8.42 Å². The average Bonchev–Trinajstić information content (AvgIpc) is 2.89. The van der Waals surface area contributed by atoms with E-state index in [0.29, 0.717) is 6.54 Å². The Kier molecular flexibility index (Phi) is 4.96. The van der Waals surface area contributed by atoms with Crippen LogP contribution in [0.4, 0.5) is 0 Å². The van der Waals surface area contributed by atoms with E-state index in [1.807, 2.05) is 24.3 Å². The summed E-state index contributed by atoms with van der Waals surface area (Å²) < 4.78 is 26.5. The minimum Gasteiger partial charge on any atom is -0.313 e. The summed E-state index contributed by atoms with van der Waals surface area (Å²) in [4.78, 5) is 0. The third-order valence-electron chi connectivity index (χ3n) is 3.51. The summed E-state index contributed by atoms with van der Waals surface area (Å²) in [5.74, 6) is 0.181. The number of sulfonamides is 1. The molecule has 1 atom stereocenters. The molecule has 1 saturated heterocycles. The number of hydrogen-bond acceptors (Lipinski definition) is 3. The van der Waals surface area contributed by atoms with Gasteiger partial charge in [-0.1, -0.05) is 31.2 Å². The Labute approximate surface area is 115 Å². The molecule has 1 heterocycles. The summed E-state index contributed by atoms with van der Waals surface area (Å²) in [5.41, 5.74) is 2.27. The van der Waals surface area contributed by atoms with Crippen molar-refractivity contribution in [2.75, 3.05) is 12.3 Å². The molecular weight excluding hydrogens is 260 g/mol. The number of hydrogen-bond donors (Lipinski definition) is 2. The molecule has 4 nitrogen and oxygen atoms in total. The Morgan fingerprint density at radius 3 is 2.53 bits per heavy atom. The molecule has 0 aromatic heterocycles. The molecule has 19 heavy (non-hydrogen) atoms. The largest absolute Gasteiger partial charge is 0.313 e. The summed E-state index contributed by atoms with van der Waals surface area (Å²) in [5, 5.41) is 3.21. The molecule has 0 saturated carbocycles. The predicted octanol–water partition coefficient (Wildman–Crippen LogP) is 1.42. The van der Waals surface area contributed by atoms with E-state index in [2.05, 4.69) is 17.0 Å². The lowest BCUT2D eigenvalue weighted by Gasteiger charge is -2.12. The topological polar surface area (TPSA) is 58.2 Å². The quantitative estimate of drug-likeness (QED) is 0.829. The van der Waals surface area contributed by atoms with Crippen LogP contribution in [0.1, 0.15) is 30.9 Å². The van der Waals surface area contributed by atoms with Crippen LogP contribution in [0.25, 0.3) is 0 Å². The molecule has 2 rings (SSSR count). The highest BCUT2D eigenvalue weighted by atomic mass is 32.2. The lowest BCUT2D eigenvalue weighted by atomic mass is 10.1. The van der Waals surface area contributed by atoms with Gasteiger partial charge in [-0.05, 0) is 36.9 Å². The van der Waals surface area contributed by atoms with Crippen molar-refractivity contribution in [3.8, 4) is 0 Å². The highest BCUT2D eigenvalue weighted by molar-refractivity contribution is 7.89. The van der Waals surface area contributed by atoms with Crippen molar-refractivity contribution in [2.24, 2.45) is 0 Å². The monoisotopic (exact) mass is 282 g/mol. The van der Waals surface area contributed by atoms with Gasteiger partial charge in [0.1, 0.15) is 0 Å². The maximum Gasteiger partial charge on any atom is 0.213 e. The van der Waals surface area contributed by atoms with Crippen LogP contribution in [0.15, 0.2) is 24.3 Å². The third-order valence-corrected chi connectivity index (χ3v) is 4.94. The van der Waals surface area contributed by atoms with Gasteiger partial charge in [0.25, 0.3) is 0 Å². The van der Waals surface area contributed by atoms with Crippen molar-refractivity contribution in [3.05, 3.63) is 35.4 Å². The Balaban J connectivity index is 1.85. The van der Waals surface area contributed by atoms with Crippen molar-refractivity contribution in [1.82, 2.24) is 10.0 Å². The zero-order chi connectivity index (χ0) is 13.7. The summed E-state index contributed by atoms with van der Waals surface area (Å²) in [6, 6.07) is 8.16. The normalized spacial score (nSPS) is 19.7. The van der Waals surface area contributed by atoms with Crippen LogP contribution in [0, 0.1) is 0 Å². The van der Waals surface area contributed by atoms with E-state index in [0.717, 1.165) is 31.4 Å². The first-order chi connectivity index (χ1) is 9.09. The maximum atomic E-state index is 11.9. The fraction of sp³-hybridized carbons (Fsp3) is 0.571. The van der Waals surface area contributed by atoms with Crippen LogP contribution >= 0.6 is 0 Å². The molecule has 1 unspecified atom stereocenters. The minimum absolute atomic E-state index is 0.111. The average molecular weight is 282 g/mol. The van der Waals surface area contributed by atoms with Gasteiger partial charge in [0.2, 0.25) is 10.0 Å². The first-order valence-electron chi connectivity index (χ1n) is 6.87. The highest BCUT2D eigenvalue weighted by Gasteiger charge is 2.21. The smallest absolute Gasteiger partial charge is 0.213 e. The second-order valence-electron chi connectivity index (χ2n) is 5.07. The molecule has 2 N–H and O–H groups in total. The standard InChI is InChI=1S/C14H22N2O2S/c1-2-12-5-7-13(8-6-12)10-16-19(17,18)11-14-4-3-9-15-14/h5-8,14-16H,2-4,9-11H2,1H3. The molecule has 0 amide bonds. The van der Waals surface area contributed by atoms with E-state index in [4.69, 9.17) is 0 Å². The predicted molar refractivity (Wildman–Crippen MR) is 77.5 cm³/mol. The molecule has 1 aliphatic heterocycles. The van der Waals surface area contributed by atoms with Crippen molar-refractivity contribution in [1.29, 1.82) is 0 Å². The summed E-state index contributed by atoms with van der Waals surface area (Å²) in [6.45, 7) is 3.41. The van der Waals surface area contributed by atoms with Crippen LogP contribution in [0.3, 0.4) is 0 Å². The molecule has 0 aliphatic carbocycles. The van der Waals surface area contributed by atoms with Crippen LogP contribution in [-0.2, 0) is 23.0 Å². The molecular formula is C14H22N2O2S. The fourth-order valence-electron chi connectivity index (χ4n) is 2.31. The first-order valence-corrected chi connectivity index (χ1v) is 8.53. The van der Waals surface area contributed by atoms with E-state index in [-0.39, 0.29) is 11.8 Å². The van der Waals surface area contributed by atoms with E-state index in [9.17, 15) is 8.42 Å². The number of rotatable bonds is 6. The van der Waals surface area contributed by atoms with Crippen LogP contribution in [-0.4, -0.2) is 26.8 Å². The van der Waals surface area contributed by atoms with Gasteiger partial charge in [0.05, 0.1) is 5.75 Å². The molecule has 0 bridgehead atoms. The van der Waals surface area contributed by atoms with Gasteiger partial charge < -0.3 is 5.32 Å². The molecule has 0 spiro atoms. The van der Waals surface area contributed by atoms with Crippen molar-refractivity contribution in [3.63, 3.8) is 0 Å². The van der Waals surface area contributed by atoms with E-state index in [1.54, 1.807) is 0 Å². The zero-order valence-electron chi connectivity index (χ0n) is 11.4. The van der Waals surface area contributed by atoms with Gasteiger partial charge >= 0.3 is 0 Å². The van der Waals surface area contributed by atoms with Crippen LogP contribution < -0.4 is 10.0 Å². The summed E-state index contributed by atoms with van der Waals surface area (Å²) in [7, 11) is -3.19. The molecule has 1 fully saturated rings. The minimum atomic E-state index is -3.19. The van der Waals surface area contributed by atoms with Gasteiger partial charge in [0, 0.05) is 12.6 Å². The molecule has 5 heteroatoms. The van der Waals surface area contributed by atoms with Gasteiger partial charge in [0.15, 0.2) is 0 Å². The highest BCUT2D eigenvalue weighted by Crippen LogP contribution is 2.08. The van der Waals surface area contributed by atoms with E-state index in [1.165, 1.54) is 5.56 Å². The Morgan fingerprint density at radius 1 is 1.26 bits per heavy atom. The molecule has 106 valence electrons. The zero-order valence-corrected chi connectivity index (χ0v) is 12.2. The SMILES string of the molecule is CCc1ccc(CNS(=O)(=O)CC2CCCN2)cc1. The van der Waals surface area contributed by atoms with E-state index >= 15 is 0 Å². The lowest BCUT2D eigenvalue weighted by Crippen LogP contribution is -2.36. The number of benzene rings is 1. The van der Waals surface area contributed by atoms with Gasteiger partial charge in [-0.2, -0.15) is 0 Å². The van der Waals surface area contributed by atoms with Crippen molar-refractivity contribution >= 4 is 10.0 Å². The fourth-order valence-corrected chi connectivity index (χ4v) is 3.63. The third kappa shape index (κ3) is 4.60. The van der Waals surface area contributed by atoms with Crippen molar-refractivity contribution in [2.45, 2.75) is 38.8 Å². The number of aryl methyl sites for hydroxylation is 1. The van der Waals surface area contributed by atoms with Gasteiger partial charge in [-0.25, -0.2) is 13.1 Å². The summed E-state index contributed by atoms with van der Waals surface area (Å²) >= 11 is 0. The van der Waals surface area contributed by atoms with Gasteiger partial charge in [-0.3, -0.25) is 0 Å². The number of nitrogens with one attached hydrogen (secondary N) is 2. The van der Waals surface area contributed by atoms with E-state index < -0.39 is 10.0 Å². The lowest BCUT2D eigenvalue weighted by molar-refractivity contribution is 0.563. The molecule has 1 aromatic rings. The van der Waals surface area contributed by atoms with Crippen LogP contribution in [0.5, 0.6) is 0 Å². The molecule has 0 radical (unpaired) electrons. The molecule has 1 aliphatic rings. The summed E-state index contributed by atoms with van der Waals surface area (Å²) in [6.07, 6.45) is 3.02. The Bertz CT molecular complexity index is 491. The Hall–Kier alpha value is -0.910. The van der Waals surface area contributed by atoms with Gasteiger partial charge in [-0.15, -0.1) is 0 Å². The maximum absolute atomic E-state index is 11.9. The van der Waals surface area contributed by atoms with Crippen LogP contribution in [0.2, 0.25) is 0 Å². The second kappa shape index (κ2) is 6.50. The second-order valence-corrected chi connectivity index (χ2v) is 6.92. The Morgan fingerprint density at radius 2 is 1.95 bits per heavy atom. The molecule has 1 aromatic carbocycles. The first kappa shape index (κ1) is 14.5.